The van der Waals surface area contributed by atoms with Crippen LogP contribution in [0.15, 0.2) is 55.3 Å². The van der Waals surface area contributed by atoms with Crippen molar-refractivity contribution < 1.29 is 9.53 Å². The second-order valence-corrected chi connectivity index (χ2v) is 9.13. The molecule has 0 spiro atoms. The maximum Gasteiger partial charge on any atom is 0.247 e. The highest BCUT2D eigenvalue weighted by molar-refractivity contribution is 6.33. The number of likely N-dealkylation sites (N-methyl/N-ethyl adjacent to an activating group) is 1. The fraction of sp³-hybridized carbons (Fsp3) is 0.231. The zero-order valence-corrected chi connectivity index (χ0v) is 21.3. The standard InChI is InChI=1S/C26H27ClN8O2/c1-4-23(36)29-16-5-7-20(27)18(13-16)24-19-15-28-33-25(19)32-26(31-24)30-17-6-8-22(37-3)21(14-17)35-11-9-34(2)10-12-35/h4-8,13-15H,1,9-12H2,2-3H3,(H,29,36)(H2,28,30,31,32,33). The number of anilines is 4. The van der Waals surface area contributed by atoms with Gasteiger partial charge in [-0.1, -0.05) is 18.2 Å². The van der Waals surface area contributed by atoms with Crippen molar-refractivity contribution in [2.24, 2.45) is 0 Å². The molecule has 3 heterocycles. The average Bonchev–Trinajstić information content (AvgIpc) is 3.38. The Morgan fingerprint density at radius 1 is 1.14 bits per heavy atom. The number of carbonyl (C=O) groups excluding carboxylic acids is 1. The van der Waals surface area contributed by atoms with Crippen LogP contribution >= 0.6 is 11.6 Å². The largest absolute Gasteiger partial charge is 0.495 e. The maximum absolute atomic E-state index is 11.8. The number of benzene rings is 2. The molecule has 190 valence electrons. The molecule has 4 aromatic rings. The second kappa shape index (κ2) is 10.5. The molecule has 5 rings (SSSR count). The summed E-state index contributed by atoms with van der Waals surface area (Å²) < 4.78 is 5.64. The molecule has 37 heavy (non-hydrogen) atoms. The smallest absolute Gasteiger partial charge is 0.247 e. The van der Waals surface area contributed by atoms with Crippen LogP contribution in [0.4, 0.5) is 23.0 Å². The Morgan fingerprint density at radius 2 is 1.92 bits per heavy atom. The van der Waals surface area contributed by atoms with Gasteiger partial charge in [0.15, 0.2) is 5.65 Å². The SMILES string of the molecule is C=CC(=O)Nc1ccc(Cl)c(-c2nc(Nc3ccc(OC)c(N4CCN(C)CC4)c3)nc3[nH]ncc23)c1. The number of hydrogen-bond acceptors (Lipinski definition) is 8. The molecule has 1 saturated heterocycles. The van der Waals surface area contributed by atoms with E-state index in [1.807, 2.05) is 18.2 Å². The fourth-order valence-corrected chi connectivity index (χ4v) is 4.47. The zero-order valence-electron chi connectivity index (χ0n) is 20.6. The summed E-state index contributed by atoms with van der Waals surface area (Å²) in [5, 5.41) is 14.3. The van der Waals surface area contributed by atoms with Crippen molar-refractivity contribution in [1.82, 2.24) is 25.1 Å². The summed E-state index contributed by atoms with van der Waals surface area (Å²) >= 11 is 6.56. The van der Waals surface area contributed by atoms with Crippen LogP contribution in [0.1, 0.15) is 0 Å². The lowest BCUT2D eigenvalue weighted by atomic mass is 10.1. The van der Waals surface area contributed by atoms with Crippen molar-refractivity contribution in [3.8, 4) is 17.0 Å². The Kier molecular flexibility index (Phi) is 6.93. The summed E-state index contributed by atoms with van der Waals surface area (Å²) in [5.74, 6) is 0.867. The lowest BCUT2D eigenvalue weighted by Crippen LogP contribution is -2.44. The van der Waals surface area contributed by atoms with Gasteiger partial charge in [0.1, 0.15) is 5.75 Å². The second-order valence-electron chi connectivity index (χ2n) is 8.72. The predicted octanol–water partition coefficient (Wildman–Crippen LogP) is 4.30. The van der Waals surface area contributed by atoms with E-state index in [1.54, 1.807) is 31.5 Å². The summed E-state index contributed by atoms with van der Waals surface area (Å²) in [4.78, 5) is 25.8. The van der Waals surface area contributed by atoms with Crippen LogP contribution in [0.3, 0.4) is 0 Å². The number of fused-ring (bicyclic) bond motifs is 1. The van der Waals surface area contributed by atoms with Crippen LogP contribution in [0.2, 0.25) is 5.02 Å². The number of rotatable bonds is 7. The molecule has 0 radical (unpaired) electrons. The summed E-state index contributed by atoms with van der Waals surface area (Å²) in [5.41, 5.74) is 4.16. The molecular weight excluding hydrogens is 492 g/mol. The summed E-state index contributed by atoms with van der Waals surface area (Å²) in [6, 6.07) is 11.1. The summed E-state index contributed by atoms with van der Waals surface area (Å²) in [7, 11) is 3.81. The van der Waals surface area contributed by atoms with E-state index >= 15 is 0 Å². The number of amides is 1. The van der Waals surface area contributed by atoms with Gasteiger partial charge in [0, 0.05) is 43.1 Å². The van der Waals surface area contributed by atoms with E-state index in [1.165, 1.54) is 6.08 Å². The first-order chi connectivity index (χ1) is 17.9. The fourth-order valence-electron chi connectivity index (χ4n) is 4.27. The predicted molar refractivity (Wildman–Crippen MR) is 147 cm³/mol. The van der Waals surface area contributed by atoms with E-state index in [0.717, 1.165) is 43.3 Å². The first-order valence-corrected chi connectivity index (χ1v) is 12.2. The van der Waals surface area contributed by atoms with E-state index in [9.17, 15) is 4.79 Å². The van der Waals surface area contributed by atoms with Crippen molar-refractivity contribution in [3.63, 3.8) is 0 Å². The minimum absolute atomic E-state index is 0.317. The molecule has 10 nitrogen and oxygen atoms in total. The van der Waals surface area contributed by atoms with Gasteiger partial charge in [-0.25, -0.2) is 4.98 Å². The van der Waals surface area contributed by atoms with E-state index < -0.39 is 0 Å². The first-order valence-electron chi connectivity index (χ1n) is 11.8. The molecule has 0 bridgehead atoms. The Hall–Kier alpha value is -4.15. The number of aromatic amines is 1. The number of nitrogens with zero attached hydrogens (tertiary/aromatic N) is 5. The molecule has 0 aliphatic carbocycles. The summed E-state index contributed by atoms with van der Waals surface area (Å²) in [6.45, 7) is 7.29. The minimum Gasteiger partial charge on any atom is -0.495 e. The van der Waals surface area contributed by atoms with E-state index in [4.69, 9.17) is 21.3 Å². The molecule has 2 aromatic carbocycles. The number of carbonyl (C=O) groups is 1. The number of methoxy groups -OCH3 is 1. The Balaban J connectivity index is 1.51. The molecule has 2 aromatic heterocycles. The molecule has 1 aliphatic rings. The summed E-state index contributed by atoms with van der Waals surface area (Å²) in [6.07, 6.45) is 2.86. The van der Waals surface area contributed by atoms with E-state index in [0.29, 0.717) is 38.9 Å². The van der Waals surface area contributed by atoms with Gasteiger partial charge in [0.05, 0.1) is 35.1 Å². The topological polar surface area (TPSA) is 111 Å². The number of ether oxygens (including phenoxy) is 1. The molecule has 3 N–H and O–H groups in total. The van der Waals surface area contributed by atoms with Gasteiger partial charge >= 0.3 is 0 Å². The minimum atomic E-state index is -0.317. The quantitative estimate of drug-likeness (QED) is 0.310. The van der Waals surface area contributed by atoms with Gasteiger partial charge in [-0.3, -0.25) is 9.89 Å². The number of nitrogens with one attached hydrogen (secondary N) is 3. The van der Waals surface area contributed by atoms with E-state index in [2.05, 4.69) is 49.2 Å². The molecule has 1 amide bonds. The monoisotopic (exact) mass is 518 g/mol. The van der Waals surface area contributed by atoms with Gasteiger partial charge in [0.2, 0.25) is 11.9 Å². The van der Waals surface area contributed by atoms with Crippen LogP contribution in [0.5, 0.6) is 5.75 Å². The van der Waals surface area contributed by atoms with Gasteiger partial charge < -0.3 is 25.2 Å². The Labute approximate surface area is 219 Å². The van der Waals surface area contributed by atoms with Crippen LogP contribution in [-0.4, -0.2) is 71.3 Å². The van der Waals surface area contributed by atoms with Crippen molar-refractivity contribution in [3.05, 3.63) is 60.3 Å². The highest BCUT2D eigenvalue weighted by Crippen LogP contribution is 2.36. The number of piperazine rings is 1. The molecule has 1 aliphatic heterocycles. The van der Waals surface area contributed by atoms with E-state index in [-0.39, 0.29) is 5.91 Å². The molecule has 0 unspecified atom stereocenters. The molecular formula is C26H27ClN8O2. The lowest BCUT2D eigenvalue weighted by Gasteiger charge is -2.34. The van der Waals surface area contributed by atoms with Crippen LogP contribution in [0, 0.1) is 0 Å². The number of halogens is 1. The first kappa shape index (κ1) is 24.5. The molecule has 0 atom stereocenters. The number of aromatic nitrogens is 4. The van der Waals surface area contributed by atoms with Crippen molar-refractivity contribution in [2.45, 2.75) is 0 Å². The highest BCUT2D eigenvalue weighted by Gasteiger charge is 2.19. The molecule has 1 fully saturated rings. The maximum atomic E-state index is 11.8. The van der Waals surface area contributed by atoms with Crippen LogP contribution < -0.4 is 20.3 Å². The lowest BCUT2D eigenvalue weighted by molar-refractivity contribution is -0.111. The third kappa shape index (κ3) is 5.20. The van der Waals surface area contributed by atoms with Crippen molar-refractivity contribution in [2.75, 3.05) is 55.9 Å². The zero-order chi connectivity index (χ0) is 25.9. The Bertz CT molecular complexity index is 1460. The van der Waals surface area contributed by atoms with Gasteiger partial charge in [0.25, 0.3) is 0 Å². The van der Waals surface area contributed by atoms with Gasteiger partial charge in [-0.2, -0.15) is 10.1 Å². The third-order valence-corrected chi connectivity index (χ3v) is 6.59. The average molecular weight is 519 g/mol. The van der Waals surface area contributed by atoms with Crippen LogP contribution in [-0.2, 0) is 4.79 Å². The Morgan fingerprint density at radius 3 is 2.68 bits per heavy atom. The number of H-pyrrole nitrogens is 1. The van der Waals surface area contributed by atoms with Crippen molar-refractivity contribution in [1.29, 1.82) is 0 Å². The highest BCUT2D eigenvalue weighted by atomic mass is 35.5. The van der Waals surface area contributed by atoms with Gasteiger partial charge in [-0.05, 0) is 49.5 Å². The third-order valence-electron chi connectivity index (χ3n) is 6.26. The number of hydrogen-bond donors (Lipinski definition) is 3. The van der Waals surface area contributed by atoms with Crippen molar-refractivity contribution >= 4 is 51.6 Å². The van der Waals surface area contributed by atoms with Gasteiger partial charge in [-0.15, -0.1) is 0 Å². The molecule has 11 heteroatoms. The van der Waals surface area contributed by atoms with Crippen LogP contribution in [0.25, 0.3) is 22.3 Å². The normalized spacial score (nSPS) is 14.0. The molecule has 0 saturated carbocycles.